The maximum atomic E-state index is 4.63. The highest BCUT2D eigenvalue weighted by atomic mass is 32.1. The van der Waals surface area contributed by atoms with E-state index in [4.69, 9.17) is 0 Å². The quantitative estimate of drug-likeness (QED) is 0.888. The Kier molecular flexibility index (Phi) is 2.99. The second kappa shape index (κ2) is 4.61. The average Bonchev–Trinajstić information content (AvgIpc) is 2.83. The first-order valence-corrected chi connectivity index (χ1v) is 7.20. The summed E-state index contributed by atoms with van der Waals surface area (Å²) < 4.78 is 0. The van der Waals surface area contributed by atoms with Crippen LogP contribution in [0, 0.1) is 0 Å². The lowest BCUT2D eigenvalue weighted by Gasteiger charge is -1.98. The molecule has 0 aromatic carbocycles. The van der Waals surface area contributed by atoms with Gasteiger partial charge >= 0.3 is 0 Å². The van der Waals surface area contributed by atoms with E-state index in [9.17, 15) is 0 Å². The monoisotopic (exact) mass is 251 g/mol. The zero-order valence-corrected chi connectivity index (χ0v) is 10.5. The van der Waals surface area contributed by atoms with E-state index in [-0.39, 0.29) is 0 Å². The third-order valence-corrected chi connectivity index (χ3v) is 4.27. The first-order valence-electron chi connectivity index (χ1n) is 5.44. The first kappa shape index (κ1) is 10.4. The van der Waals surface area contributed by atoms with Crippen LogP contribution in [0.15, 0.2) is 17.1 Å². The zero-order valence-electron chi connectivity index (χ0n) is 8.85. The van der Waals surface area contributed by atoms with Crippen molar-refractivity contribution < 1.29 is 0 Å². The second-order valence-electron chi connectivity index (χ2n) is 4.01. The summed E-state index contributed by atoms with van der Waals surface area (Å²) in [6, 6.07) is 0. The molecule has 2 aromatic rings. The molecule has 2 heterocycles. The van der Waals surface area contributed by atoms with Crippen LogP contribution in [0.4, 0.5) is 0 Å². The molecule has 0 aliphatic heterocycles. The van der Waals surface area contributed by atoms with E-state index in [0.717, 1.165) is 19.0 Å². The molecular weight excluding hydrogens is 238 g/mol. The maximum Gasteiger partial charge on any atom is 0.107 e. The van der Waals surface area contributed by atoms with Crippen molar-refractivity contribution in [2.24, 2.45) is 0 Å². The lowest BCUT2D eigenvalue weighted by molar-refractivity contribution is 0.694. The van der Waals surface area contributed by atoms with Crippen LogP contribution in [-0.2, 0) is 13.1 Å². The van der Waals surface area contributed by atoms with Gasteiger partial charge in [0, 0.05) is 35.5 Å². The minimum atomic E-state index is 0.770. The van der Waals surface area contributed by atoms with Crippen LogP contribution in [0.5, 0.6) is 0 Å². The van der Waals surface area contributed by atoms with Crippen LogP contribution in [-0.4, -0.2) is 9.97 Å². The number of hydrogen-bond donors (Lipinski definition) is 1. The molecule has 0 atom stereocenters. The Hall–Kier alpha value is -0.780. The van der Waals surface area contributed by atoms with Crippen LogP contribution in [0.1, 0.15) is 34.3 Å². The lowest BCUT2D eigenvalue weighted by Crippen LogP contribution is -2.11. The van der Waals surface area contributed by atoms with Crippen LogP contribution >= 0.6 is 22.7 Å². The van der Waals surface area contributed by atoms with Gasteiger partial charge in [-0.05, 0) is 12.8 Å². The molecule has 1 aliphatic carbocycles. The van der Waals surface area contributed by atoms with Gasteiger partial charge in [-0.25, -0.2) is 4.98 Å². The van der Waals surface area contributed by atoms with Crippen molar-refractivity contribution >= 4 is 22.7 Å². The molecule has 0 bridgehead atoms. The molecule has 16 heavy (non-hydrogen) atoms. The highest BCUT2D eigenvalue weighted by molar-refractivity contribution is 7.09. The van der Waals surface area contributed by atoms with Gasteiger partial charge in [0.1, 0.15) is 5.01 Å². The summed E-state index contributed by atoms with van der Waals surface area (Å²) in [7, 11) is 0. The zero-order chi connectivity index (χ0) is 10.8. The Labute approximate surface area is 103 Å². The normalized spacial score (nSPS) is 15.5. The van der Waals surface area contributed by atoms with Gasteiger partial charge in [-0.2, -0.15) is 0 Å². The van der Waals surface area contributed by atoms with E-state index in [2.05, 4.69) is 20.7 Å². The molecule has 1 fully saturated rings. The van der Waals surface area contributed by atoms with Gasteiger partial charge in [0.25, 0.3) is 0 Å². The SMILES string of the molecule is c1ncc(CNCc2nc(C3CC3)cs2)s1. The van der Waals surface area contributed by atoms with Crippen molar-refractivity contribution in [1.82, 2.24) is 15.3 Å². The summed E-state index contributed by atoms with van der Waals surface area (Å²) in [5.74, 6) is 0.770. The van der Waals surface area contributed by atoms with Crippen molar-refractivity contribution in [3.8, 4) is 0 Å². The van der Waals surface area contributed by atoms with Crippen molar-refractivity contribution in [1.29, 1.82) is 0 Å². The van der Waals surface area contributed by atoms with Crippen molar-refractivity contribution in [3.63, 3.8) is 0 Å². The summed E-state index contributed by atoms with van der Waals surface area (Å²) in [6.45, 7) is 1.76. The maximum absolute atomic E-state index is 4.63. The minimum absolute atomic E-state index is 0.770. The van der Waals surface area contributed by atoms with E-state index >= 15 is 0 Å². The Morgan fingerprint density at radius 1 is 1.31 bits per heavy atom. The first-order chi connectivity index (χ1) is 7.92. The van der Waals surface area contributed by atoms with Crippen LogP contribution in [0.3, 0.4) is 0 Å². The molecule has 0 radical (unpaired) electrons. The third kappa shape index (κ3) is 2.48. The van der Waals surface area contributed by atoms with Crippen LogP contribution < -0.4 is 5.32 Å². The smallest absolute Gasteiger partial charge is 0.107 e. The van der Waals surface area contributed by atoms with E-state index in [0.29, 0.717) is 0 Å². The average molecular weight is 251 g/mol. The molecule has 0 saturated heterocycles. The lowest BCUT2D eigenvalue weighted by atomic mass is 10.3. The van der Waals surface area contributed by atoms with E-state index in [1.54, 1.807) is 22.7 Å². The number of hydrogen-bond acceptors (Lipinski definition) is 5. The molecular formula is C11H13N3S2. The van der Waals surface area contributed by atoms with Crippen LogP contribution in [0.25, 0.3) is 0 Å². The third-order valence-electron chi connectivity index (χ3n) is 2.62. The number of aromatic nitrogens is 2. The fourth-order valence-electron chi connectivity index (χ4n) is 1.59. The van der Waals surface area contributed by atoms with Gasteiger partial charge < -0.3 is 5.32 Å². The topological polar surface area (TPSA) is 37.8 Å². The molecule has 0 spiro atoms. The fraction of sp³-hybridized carbons (Fsp3) is 0.455. The number of rotatable bonds is 5. The number of nitrogens with zero attached hydrogens (tertiary/aromatic N) is 2. The van der Waals surface area contributed by atoms with Gasteiger partial charge in [-0.15, -0.1) is 22.7 Å². The molecule has 1 N–H and O–H groups in total. The molecule has 5 heteroatoms. The van der Waals surface area contributed by atoms with E-state index in [1.807, 2.05) is 11.7 Å². The highest BCUT2D eigenvalue weighted by Gasteiger charge is 2.25. The van der Waals surface area contributed by atoms with Crippen molar-refractivity contribution in [2.45, 2.75) is 31.8 Å². The molecule has 84 valence electrons. The largest absolute Gasteiger partial charge is 0.305 e. The van der Waals surface area contributed by atoms with Crippen LogP contribution in [0.2, 0.25) is 0 Å². The summed E-state index contributed by atoms with van der Waals surface area (Å²) >= 11 is 3.46. The molecule has 1 aliphatic rings. The minimum Gasteiger partial charge on any atom is -0.305 e. The molecule has 2 aromatic heterocycles. The molecule has 1 saturated carbocycles. The Bertz CT molecular complexity index is 446. The standard InChI is InChI=1S/C11H13N3S2/c1-2-8(1)10-6-15-11(14-10)5-12-3-9-4-13-7-16-9/h4,6-8,12H,1-3,5H2. The van der Waals surface area contributed by atoms with E-state index < -0.39 is 0 Å². The fourth-order valence-corrected chi connectivity index (χ4v) is 3.00. The summed E-state index contributed by atoms with van der Waals surface area (Å²) in [5.41, 5.74) is 3.17. The summed E-state index contributed by atoms with van der Waals surface area (Å²) in [5, 5.41) is 6.81. The Balaban J connectivity index is 1.50. The van der Waals surface area contributed by atoms with Gasteiger partial charge in [0.05, 0.1) is 11.2 Å². The number of nitrogens with one attached hydrogen (secondary N) is 1. The molecule has 0 unspecified atom stereocenters. The van der Waals surface area contributed by atoms with Gasteiger partial charge in [-0.3, -0.25) is 4.98 Å². The van der Waals surface area contributed by atoms with Gasteiger partial charge in [0.15, 0.2) is 0 Å². The Morgan fingerprint density at radius 2 is 2.25 bits per heavy atom. The Morgan fingerprint density at radius 3 is 3.00 bits per heavy atom. The summed E-state index contributed by atoms with van der Waals surface area (Å²) in [6.07, 6.45) is 4.57. The number of thiazole rings is 2. The molecule has 0 amide bonds. The summed E-state index contributed by atoms with van der Waals surface area (Å²) in [4.78, 5) is 9.96. The second-order valence-corrected chi connectivity index (χ2v) is 5.93. The van der Waals surface area contributed by atoms with E-state index in [1.165, 1.54) is 28.4 Å². The van der Waals surface area contributed by atoms with Crippen molar-refractivity contribution in [2.75, 3.05) is 0 Å². The van der Waals surface area contributed by atoms with Crippen molar-refractivity contribution in [3.05, 3.63) is 32.7 Å². The molecule has 3 rings (SSSR count). The molecule has 3 nitrogen and oxygen atoms in total. The van der Waals surface area contributed by atoms with Gasteiger partial charge in [-0.1, -0.05) is 0 Å². The van der Waals surface area contributed by atoms with Gasteiger partial charge in [0.2, 0.25) is 0 Å². The highest BCUT2D eigenvalue weighted by Crippen LogP contribution is 2.40. The predicted octanol–water partition coefficient (Wildman–Crippen LogP) is 2.77. The predicted molar refractivity (Wildman–Crippen MR) is 66.7 cm³/mol.